The molecule has 0 atom stereocenters. The lowest BCUT2D eigenvalue weighted by molar-refractivity contribution is 0.0818. The van der Waals surface area contributed by atoms with E-state index in [1.165, 1.54) is 18.2 Å². The van der Waals surface area contributed by atoms with Crippen LogP contribution in [0.15, 0.2) is 18.2 Å². The Hall–Kier alpha value is -1.34. The molecule has 74 valence electrons. The molecule has 5 heteroatoms. The van der Waals surface area contributed by atoms with E-state index >= 15 is 0 Å². The van der Waals surface area contributed by atoms with Gasteiger partial charge in [0.05, 0.1) is 5.02 Å². The normalized spacial score (nSPS) is 9.93. The Bertz CT molecular complexity index is 362. The lowest BCUT2D eigenvalue weighted by Gasteiger charge is -2.07. The quantitative estimate of drug-likeness (QED) is 0.780. The van der Waals surface area contributed by atoms with Gasteiger partial charge in [-0.25, -0.2) is 8.78 Å². The van der Waals surface area contributed by atoms with E-state index in [-0.39, 0.29) is 16.3 Å². The van der Waals surface area contributed by atoms with Crippen molar-refractivity contribution in [1.82, 2.24) is 0 Å². The molecule has 0 radical (unpaired) electrons. The topological polar surface area (TPSA) is 33.0 Å². The molecule has 1 rings (SSSR count). The zero-order valence-corrected chi connectivity index (χ0v) is 7.76. The third-order valence-electron chi connectivity index (χ3n) is 1.45. The van der Waals surface area contributed by atoms with Gasteiger partial charge in [-0.2, -0.15) is 5.26 Å². The van der Waals surface area contributed by atoms with Gasteiger partial charge in [-0.15, -0.1) is 0 Å². The van der Waals surface area contributed by atoms with E-state index in [9.17, 15) is 8.78 Å². The van der Waals surface area contributed by atoms with Crippen LogP contribution in [0.5, 0.6) is 5.75 Å². The molecule has 0 spiro atoms. The van der Waals surface area contributed by atoms with Crippen LogP contribution in [0.2, 0.25) is 5.02 Å². The van der Waals surface area contributed by atoms with E-state index < -0.39 is 13.0 Å². The highest BCUT2D eigenvalue weighted by molar-refractivity contribution is 6.31. The summed E-state index contributed by atoms with van der Waals surface area (Å²) in [5.41, 5.74) is 0.0785. The molecular weight excluding hydrogens is 212 g/mol. The number of nitrogens with zero attached hydrogens (tertiary/aromatic N) is 1. The average Bonchev–Trinajstić information content (AvgIpc) is 2.14. The average molecular weight is 218 g/mol. The van der Waals surface area contributed by atoms with Crippen LogP contribution in [0.4, 0.5) is 8.78 Å². The summed E-state index contributed by atoms with van der Waals surface area (Å²) in [6.45, 7) is -0.741. The highest BCUT2D eigenvalue weighted by atomic mass is 35.5. The molecule has 0 saturated carbocycles. The van der Waals surface area contributed by atoms with Gasteiger partial charge in [-0.05, 0) is 12.1 Å². The SMILES string of the molecule is N#Cc1c(Cl)cccc1OCC(F)F. The van der Waals surface area contributed by atoms with Crippen molar-refractivity contribution in [3.63, 3.8) is 0 Å². The molecule has 0 fully saturated rings. The van der Waals surface area contributed by atoms with Gasteiger partial charge in [0.25, 0.3) is 6.43 Å². The summed E-state index contributed by atoms with van der Waals surface area (Å²) in [6.07, 6.45) is -2.57. The molecule has 0 aliphatic heterocycles. The molecule has 0 bridgehead atoms. The number of hydrogen-bond acceptors (Lipinski definition) is 2. The maximum absolute atomic E-state index is 11.8. The van der Waals surface area contributed by atoms with Gasteiger partial charge in [0, 0.05) is 0 Å². The Kier molecular flexibility index (Phi) is 3.66. The van der Waals surface area contributed by atoms with Crippen molar-refractivity contribution in [2.45, 2.75) is 6.43 Å². The van der Waals surface area contributed by atoms with Gasteiger partial charge < -0.3 is 4.74 Å². The summed E-state index contributed by atoms with van der Waals surface area (Å²) in [7, 11) is 0. The van der Waals surface area contributed by atoms with E-state index in [4.69, 9.17) is 21.6 Å². The van der Waals surface area contributed by atoms with Gasteiger partial charge >= 0.3 is 0 Å². The maximum Gasteiger partial charge on any atom is 0.272 e. The highest BCUT2D eigenvalue weighted by Crippen LogP contribution is 2.25. The summed E-state index contributed by atoms with van der Waals surface area (Å²) >= 11 is 5.65. The molecule has 0 unspecified atom stereocenters. The minimum Gasteiger partial charge on any atom is -0.486 e. The van der Waals surface area contributed by atoms with E-state index in [0.29, 0.717) is 0 Å². The van der Waals surface area contributed by atoms with Gasteiger partial charge in [0.1, 0.15) is 24.0 Å². The Morgan fingerprint density at radius 3 is 2.79 bits per heavy atom. The minimum atomic E-state index is -2.57. The summed E-state index contributed by atoms with van der Waals surface area (Å²) in [5, 5.41) is 8.86. The standard InChI is InChI=1S/C9H6ClF2NO/c10-7-2-1-3-8(6(7)4-13)14-5-9(11)12/h1-3,9H,5H2. The van der Waals surface area contributed by atoms with Crippen LogP contribution in [0.1, 0.15) is 5.56 Å². The van der Waals surface area contributed by atoms with Gasteiger partial charge in [0.15, 0.2) is 0 Å². The van der Waals surface area contributed by atoms with E-state index in [1.807, 2.05) is 0 Å². The van der Waals surface area contributed by atoms with Crippen molar-refractivity contribution in [2.75, 3.05) is 6.61 Å². The zero-order chi connectivity index (χ0) is 10.6. The molecule has 0 heterocycles. The molecule has 0 aliphatic rings. The number of benzene rings is 1. The molecule has 1 aromatic carbocycles. The van der Waals surface area contributed by atoms with Gasteiger partial charge in [0.2, 0.25) is 0 Å². The Morgan fingerprint density at radius 1 is 1.50 bits per heavy atom. The second-order valence-corrected chi connectivity index (χ2v) is 2.83. The third-order valence-corrected chi connectivity index (χ3v) is 1.77. The van der Waals surface area contributed by atoms with Crippen molar-refractivity contribution in [3.05, 3.63) is 28.8 Å². The maximum atomic E-state index is 11.8. The first-order valence-corrected chi connectivity index (χ1v) is 4.12. The minimum absolute atomic E-state index is 0.0785. The molecule has 0 N–H and O–H groups in total. The molecule has 14 heavy (non-hydrogen) atoms. The molecule has 2 nitrogen and oxygen atoms in total. The van der Waals surface area contributed by atoms with Crippen molar-refractivity contribution in [3.8, 4) is 11.8 Å². The van der Waals surface area contributed by atoms with Crippen molar-refractivity contribution >= 4 is 11.6 Å². The third kappa shape index (κ3) is 2.57. The van der Waals surface area contributed by atoms with Crippen LogP contribution in [-0.4, -0.2) is 13.0 Å². The van der Waals surface area contributed by atoms with Crippen LogP contribution in [-0.2, 0) is 0 Å². The van der Waals surface area contributed by atoms with Crippen LogP contribution in [0, 0.1) is 11.3 Å². The molecular formula is C9H6ClF2NO. The first-order chi connectivity index (χ1) is 6.65. The number of rotatable bonds is 3. The van der Waals surface area contributed by atoms with Crippen LogP contribution in [0.3, 0.4) is 0 Å². The summed E-state index contributed by atoms with van der Waals surface area (Å²) < 4.78 is 28.3. The smallest absolute Gasteiger partial charge is 0.272 e. The predicted octanol–water partition coefficient (Wildman–Crippen LogP) is 2.86. The summed E-state index contributed by atoms with van der Waals surface area (Å²) in [6, 6.07) is 6.24. The van der Waals surface area contributed by atoms with Crippen molar-refractivity contribution in [1.29, 1.82) is 5.26 Å². The monoisotopic (exact) mass is 217 g/mol. The second-order valence-electron chi connectivity index (χ2n) is 2.43. The molecule has 0 saturated heterocycles. The van der Waals surface area contributed by atoms with E-state index in [2.05, 4.69) is 0 Å². The van der Waals surface area contributed by atoms with Crippen molar-refractivity contribution in [2.24, 2.45) is 0 Å². The fourth-order valence-corrected chi connectivity index (χ4v) is 1.09. The van der Waals surface area contributed by atoms with Gasteiger partial charge in [-0.1, -0.05) is 17.7 Å². The van der Waals surface area contributed by atoms with Crippen LogP contribution < -0.4 is 4.74 Å². The van der Waals surface area contributed by atoms with Crippen LogP contribution >= 0.6 is 11.6 Å². The summed E-state index contributed by atoms with van der Waals surface area (Å²) in [5.74, 6) is 0.0836. The predicted molar refractivity (Wildman–Crippen MR) is 47.7 cm³/mol. The molecule has 0 amide bonds. The van der Waals surface area contributed by atoms with E-state index in [0.717, 1.165) is 0 Å². The fraction of sp³-hybridized carbons (Fsp3) is 0.222. The molecule has 0 aromatic heterocycles. The number of ether oxygens (including phenoxy) is 1. The Balaban J connectivity index is 2.87. The number of nitriles is 1. The fourth-order valence-electron chi connectivity index (χ4n) is 0.886. The largest absolute Gasteiger partial charge is 0.486 e. The lowest BCUT2D eigenvalue weighted by atomic mass is 10.2. The first kappa shape index (κ1) is 10.7. The number of alkyl halides is 2. The summed E-state index contributed by atoms with van der Waals surface area (Å²) in [4.78, 5) is 0. The van der Waals surface area contributed by atoms with Crippen LogP contribution in [0.25, 0.3) is 0 Å². The number of hydrogen-bond donors (Lipinski definition) is 0. The first-order valence-electron chi connectivity index (χ1n) is 3.74. The molecule has 1 aromatic rings. The van der Waals surface area contributed by atoms with Crippen molar-refractivity contribution < 1.29 is 13.5 Å². The second kappa shape index (κ2) is 4.77. The zero-order valence-electron chi connectivity index (χ0n) is 7.01. The van der Waals surface area contributed by atoms with E-state index in [1.54, 1.807) is 6.07 Å². The highest BCUT2D eigenvalue weighted by Gasteiger charge is 2.09. The Morgan fingerprint density at radius 2 is 2.21 bits per heavy atom. The number of halogens is 3. The molecule has 0 aliphatic carbocycles. The lowest BCUT2D eigenvalue weighted by Crippen LogP contribution is -2.07. The Labute approximate surface area is 84.7 Å². The van der Waals surface area contributed by atoms with Gasteiger partial charge in [-0.3, -0.25) is 0 Å².